The van der Waals surface area contributed by atoms with Crippen LogP contribution in [0.5, 0.6) is 0 Å². The Morgan fingerprint density at radius 1 is 1.00 bits per heavy atom. The van der Waals surface area contributed by atoms with Crippen molar-refractivity contribution in [1.29, 1.82) is 0 Å². The standard InChI is InChI=1S/C25H36O7/c1-21-7-8-23(29-9-10-30-23)13-16(21)3-4-17-18-5-6-24(28,25(15-26)31-11-12-32-25)22(18,2)14-19(27)20(17)21/h13,17-18,20,26,28H,3-12,14-15H2,1-2H3/t17-,18-,20+,21-,22-,24+/m1/s1. The van der Waals surface area contributed by atoms with Gasteiger partial charge in [0.05, 0.1) is 26.4 Å². The zero-order valence-electron chi connectivity index (χ0n) is 19.2. The number of fused-ring (bicyclic) bond motifs is 5. The Morgan fingerprint density at radius 2 is 1.69 bits per heavy atom. The van der Waals surface area contributed by atoms with Gasteiger partial charge in [0, 0.05) is 24.2 Å². The molecule has 4 aliphatic carbocycles. The van der Waals surface area contributed by atoms with Crippen LogP contribution >= 0.6 is 0 Å². The second-order valence-electron chi connectivity index (χ2n) is 11.4. The van der Waals surface area contributed by atoms with E-state index in [9.17, 15) is 15.0 Å². The van der Waals surface area contributed by atoms with Gasteiger partial charge in [0.1, 0.15) is 18.0 Å². The summed E-state index contributed by atoms with van der Waals surface area (Å²) in [6.45, 7) is 5.84. The average Bonchev–Trinajstić information content (AvgIpc) is 3.49. The number of hydrogen-bond donors (Lipinski definition) is 2. The van der Waals surface area contributed by atoms with E-state index < -0.39 is 29.2 Å². The zero-order valence-corrected chi connectivity index (χ0v) is 19.2. The molecule has 7 nitrogen and oxygen atoms in total. The Hall–Kier alpha value is -0.830. The molecule has 3 saturated carbocycles. The molecule has 5 fully saturated rings. The molecule has 0 radical (unpaired) electrons. The van der Waals surface area contributed by atoms with Gasteiger partial charge in [-0.15, -0.1) is 0 Å². The van der Waals surface area contributed by atoms with E-state index in [1.807, 2.05) is 6.92 Å². The fourth-order valence-electron chi connectivity index (χ4n) is 8.75. The number of rotatable bonds is 2. The van der Waals surface area contributed by atoms with Crippen LogP contribution in [0, 0.1) is 28.6 Å². The molecule has 2 N–H and O–H groups in total. The molecule has 32 heavy (non-hydrogen) atoms. The summed E-state index contributed by atoms with van der Waals surface area (Å²) >= 11 is 0. The van der Waals surface area contributed by atoms with Crippen molar-refractivity contribution < 1.29 is 34.0 Å². The molecule has 2 heterocycles. The van der Waals surface area contributed by atoms with Gasteiger partial charge in [-0.1, -0.05) is 19.4 Å². The minimum atomic E-state index is -1.43. The van der Waals surface area contributed by atoms with E-state index in [0.29, 0.717) is 39.3 Å². The monoisotopic (exact) mass is 448 g/mol. The molecule has 0 aromatic rings. The van der Waals surface area contributed by atoms with Crippen LogP contribution in [-0.4, -0.2) is 66.2 Å². The van der Waals surface area contributed by atoms with Crippen molar-refractivity contribution in [3.8, 4) is 0 Å². The van der Waals surface area contributed by atoms with E-state index >= 15 is 0 Å². The molecule has 0 amide bonds. The Bertz CT molecular complexity index is 841. The van der Waals surface area contributed by atoms with Crippen LogP contribution in [0.25, 0.3) is 0 Å². The lowest BCUT2D eigenvalue weighted by molar-refractivity contribution is -0.317. The first-order valence-corrected chi connectivity index (χ1v) is 12.4. The van der Waals surface area contributed by atoms with Crippen LogP contribution in [0.1, 0.15) is 58.8 Å². The van der Waals surface area contributed by atoms with Crippen LogP contribution in [0.15, 0.2) is 11.6 Å². The normalized spacial score (nSPS) is 48.9. The first kappa shape index (κ1) is 21.7. The second-order valence-corrected chi connectivity index (χ2v) is 11.4. The molecule has 1 spiro atoms. The smallest absolute Gasteiger partial charge is 0.222 e. The van der Waals surface area contributed by atoms with E-state index in [1.54, 1.807) is 0 Å². The highest BCUT2D eigenvalue weighted by atomic mass is 16.8. The number of aliphatic hydroxyl groups is 2. The van der Waals surface area contributed by atoms with Gasteiger partial charge in [0.15, 0.2) is 5.79 Å². The highest BCUT2D eigenvalue weighted by Gasteiger charge is 2.73. The highest BCUT2D eigenvalue weighted by molar-refractivity contribution is 5.85. The maximum atomic E-state index is 13.9. The predicted octanol–water partition coefficient (Wildman–Crippen LogP) is 2.34. The van der Waals surface area contributed by atoms with Crippen molar-refractivity contribution in [2.24, 2.45) is 28.6 Å². The van der Waals surface area contributed by atoms with Gasteiger partial charge in [-0.3, -0.25) is 4.79 Å². The number of allylic oxidation sites excluding steroid dienone is 1. The number of hydrogen-bond acceptors (Lipinski definition) is 7. The van der Waals surface area contributed by atoms with Crippen LogP contribution < -0.4 is 0 Å². The number of ketones is 1. The van der Waals surface area contributed by atoms with Crippen LogP contribution in [-0.2, 0) is 23.7 Å². The summed E-state index contributed by atoms with van der Waals surface area (Å²) in [5.74, 6) is -1.42. The summed E-state index contributed by atoms with van der Waals surface area (Å²) in [6, 6.07) is 0. The van der Waals surface area contributed by atoms with Crippen molar-refractivity contribution in [3.63, 3.8) is 0 Å². The first-order chi connectivity index (χ1) is 15.2. The third-order valence-electron chi connectivity index (χ3n) is 10.3. The Balaban J connectivity index is 1.36. The Morgan fingerprint density at radius 3 is 2.38 bits per heavy atom. The molecule has 7 heteroatoms. The molecule has 0 aromatic carbocycles. The van der Waals surface area contributed by atoms with Gasteiger partial charge >= 0.3 is 0 Å². The first-order valence-electron chi connectivity index (χ1n) is 12.4. The van der Waals surface area contributed by atoms with Crippen molar-refractivity contribution in [2.75, 3.05) is 33.0 Å². The molecule has 2 saturated heterocycles. The van der Waals surface area contributed by atoms with Crippen molar-refractivity contribution >= 4 is 5.78 Å². The SMILES string of the molecule is C[C@@]12CCC3(C=C1CC[C@H]1[C@H]2C(=O)C[C@]2(C)[C@@H]1CC[C@@]2(O)C1(CO)OCCO1)OCCO3. The van der Waals surface area contributed by atoms with Gasteiger partial charge in [-0.25, -0.2) is 0 Å². The van der Waals surface area contributed by atoms with E-state index in [0.717, 1.165) is 32.1 Å². The molecule has 6 aliphatic rings. The summed E-state index contributed by atoms with van der Waals surface area (Å²) in [4.78, 5) is 13.9. The van der Waals surface area contributed by atoms with Gasteiger partial charge in [-0.05, 0) is 55.4 Å². The lowest BCUT2D eigenvalue weighted by Crippen LogP contribution is -2.67. The molecular formula is C25H36O7. The van der Waals surface area contributed by atoms with Crippen LogP contribution in [0.3, 0.4) is 0 Å². The van der Waals surface area contributed by atoms with Gasteiger partial charge in [0.25, 0.3) is 0 Å². The molecule has 6 rings (SSSR count). The number of carbonyl (C=O) groups excluding carboxylic acids is 1. The Labute approximate surface area is 189 Å². The quantitative estimate of drug-likeness (QED) is 0.626. The molecule has 178 valence electrons. The largest absolute Gasteiger partial charge is 0.391 e. The van der Waals surface area contributed by atoms with Gasteiger partial charge in [0.2, 0.25) is 5.79 Å². The van der Waals surface area contributed by atoms with Crippen molar-refractivity contribution in [2.45, 2.75) is 76.0 Å². The summed E-state index contributed by atoms with van der Waals surface area (Å²) in [5.41, 5.74) is -0.928. The lowest BCUT2D eigenvalue weighted by atomic mass is 9.45. The van der Waals surface area contributed by atoms with E-state index in [1.165, 1.54) is 5.57 Å². The third kappa shape index (κ3) is 2.50. The summed E-state index contributed by atoms with van der Waals surface area (Å²) in [5, 5.41) is 22.2. The molecule has 0 bridgehead atoms. The van der Waals surface area contributed by atoms with Crippen LogP contribution in [0.4, 0.5) is 0 Å². The van der Waals surface area contributed by atoms with Crippen LogP contribution in [0.2, 0.25) is 0 Å². The predicted molar refractivity (Wildman–Crippen MR) is 113 cm³/mol. The maximum Gasteiger partial charge on any atom is 0.222 e. The number of Topliss-reactive ketones (excluding diaryl/α,β-unsaturated/α-hetero) is 1. The van der Waals surface area contributed by atoms with E-state index in [2.05, 4.69) is 13.0 Å². The fraction of sp³-hybridized carbons (Fsp3) is 0.880. The zero-order chi connectivity index (χ0) is 22.4. The Kier molecular flexibility index (Phi) is 4.65. The van der Waals surface area contributed by atoms with E-state index in [-0.39, 0.29) is 29.0 Å². The maximum absolute atomic E-state index is 13.9. The molecule has 2 aliphatic heterocycles. The highest BCUT2D eigenvalue weighted by Crippen LogP contribution is 2.69. The third-order valence-corrected chi connectivity index (χ3v) is 10.3. The van der Waals surface area contributed by atoms with Gasteiger partial charge < -0.3 is 29.2 Å². The second kappa shape index (κ2) is 6.86. The minimum absolute atomic E-state index is 0.0443. The number of carbonyl (C=O) groups is 1. The van der Waals surface area contributed by atoms with Crippen molar-refractivity contribution in [1.82, 2.24) is 0 Å². The molecule has 0 unspecified atom stereocenters. The number of ether oxygens (including phenoxy) is 4. The number of aliphatic hydroxyl groups excluding tert-OH is 1. The fourth-order valence-corrected chi connectivity index (χ4v) is 8.75. The lowest BCUT2D eigenvalue weighted by Gasteiger charge is -2.60. The molecule has 6 atom stereocenters. The molecule has 0 aromatic heterocycles. The average molecular weight is 449 g/mol. The van der Waals surface area contributed by atoms with E-state index in [4.69, 9.17) is 18.9 Å². The minimum Gasteiger partial charge on any atom is -0.391 e. The topological polar surface area (TPSA) is 94.5 Å². The summed E-state index contributed by atoms with van der Waals surface area (Å²) in [7, 11) is 0. The summed E-state index contributed by atoms with van der Waals surface area (Å²) < 4.78 is 23.6. The van der Waals surface area contributed by atoms with Gasteiger partial charge in [-0.2, -0.15) is 0 Å². The molecular weight excluding hydrogens is 412 g/mol. The summed E-state index contributed by atoms with van der Waals surface area (Å²) in [6.07, 6.45) is 7.31. The van der Waals surface area contributed by atoms with Crippen molar-refractivity contribution in [3.05, 3.63) is 11.6 Å².